The van der Waals surface area contributed by atoms with Crippen molar-refractivity contribution in [1.82, 2.24) is 15.6 Å². The number of nitrogens with two attached hydrogens (primary N) is 1. The molecule has 5 N–H and O–H groups in total. The lowest BCUT2D eigenvalue weighted by molar-refractivity contribution is -0.122. The number of pyridine rings is 1. The number of carbonyl (C=O) groups is 2. The van der Waals surface area contributed by atoms with E-state index in [0.717, 1.165) is 25.7 Å². The molecule has 1 heterocycles. The molecule has 0 saturated heterocycles. The fourth-order valence-corrected chi connectivity index (χ4v) is 4.28. The van der Waals surface area contributed by atoms with Gasteiger partial charge in [0.1, 0.15) is 11.7 Å². The van der Waals surface area contributed by atoms with Gasteiger partial charge in [0.2, 0.25) is 5.91 Å². The van der Waals surface area contributed by atoms with Crippen LogP contribution in [0.5, 0.6) is 0 Å². The second-order valence-electron chi connectivity index (χ2n) is 9.52. The van der Waals surface area contributed by atoms with Gasteiger partial charge in [-0.05, 0) is 56.5 Å². The van der Waals surface area contributed by atoms with Crippen molar-refractivity contribution in [3.8, 4) is 0 Å². The van der Waals surface area contributed by atoms with Crippen molar-refractivity contribution in [2.24, 2.45) is 16.6 Å². The minimum absolute atomic E-state index is 0.307. The van der Waals surface area contributed by atoms with Crippen LogP contribution in [-0.2, 0) is 10.5 Å². The third-order valence-electron chi connectivity index (χ3n) is 6.16. The number of alkyl halides is 1. The van der Waals surface area contributed by atoms with Crippen LogP contribution in [0.3, 0.4) is 0 Å². The molecule has 0 aliphatic heterocycles. The normalized spacial score (nSPS) is 15.6. The van der Waals surface area contributed by atoms with Crippen LogP contribution in [0.2, 0.25) is 0 Å². The van der Waals surface area contributed by atoms with Gasteiger partial charge < -0.3 is 21.7 Å². The fourth-order valence-electron chi connectivity index (χ4n) is 4.28. The van der Waals surface area contributed by atoms with E-state index in [-0.39, 0.29) is 11.8 Å². The van der Waals surface area contributed by atoms with E-state index in [9.17, 15) is 14.0 Å². The Kier molecular flexibility index (Phi) is 9.16. The summed E-state index contributed by atoms with van der Waals surface area (Å²) in [6.45, 7) is 2.90. The lowest BCUT2D eigenvalue weighted by Gasteiger charge is -2.22. The average molecular weight is 495 g/mol. The van der Waals surface area contributed by atoms with Crippen LogP contribution in [0.1, 0.15) is 62.0 Å². The minimum Gasteiger partial charge on any atom is -0.403 e. The van der Waals surface area contributed by atoms with Crippen LogP contribution in [-0.4, -0.2) is 36.1 Å². The monoisotopic (exact) mass is 494 g/mol. The predicted molar refractivity (Wildman–Crippen MR) is 141 cm³/mol. The van der Waals surface area contributed by atoms with Gasteiger partial charge in [-0.3, -0.25) is 19.6 Å². The molecule has 8 nitrogen and oxygen atoms in total. The molecule has 1 aliphatic rings. The zero-order valence-electron chi connectivity index (χ0n) is 21.1. The predicted octanol–water partition coefficient (Wildman–Crippen LogP) is 4.33. The molecule has 1 aromatic carbocycles. The van der Waals surface area contributed by atoms with E-state index in [1.54, 1.807) is 37.4 Å². The number of allylic oxidation sites excluding steroid dienone is 1. The van der Waals surface area contributed by atoms with Crippen LogP contribution >= 0.6 is 0 Å². The summed E-state index contributed by atoms with van der Waals surface area (Å²) in [5.74, 6) is -0.321. The molecule has 2 amide bonds. The molecule has 1 saturated carbocycles. The molecule has 2 aromatic rings. The first-order chi connectivity index (χ1) is 17.2. The van der Waals surface area contributed by atoms with Gasteiger partial charge in [0, 0.05) is 42.6 Å². The first kappa shape index (κ1) is 26.8. The van der Waals surface area contributed by atoms with E-state index in [4.69, 9.17) is 5.73 Å². The third kappa shape index (κ3) is 7.63. The average Bonchev–Trinajstić information content (AvgIpc) is 3.36. The van der Waals surface area contributed by atoms with E-state index in [0.29, 0.717) is 40.7 Å². The molecule has 36 heavy (non-hydrogen) atoms. The van der Waals surface area contributed by atoms with Crippen molar-refractivity contribution in [3.05, 3.63) is 65.7 Å². The maximum absolute atomic E-state index is 14.3. The van der Waals surface area contributed by atoms with Crippen molar-refractivity contribution in [2.45, 2.75) is 57.7 Å². The van der Waals surface area contributed by atoms with Crippen molar-refractivity contribution >= 4 is 29.4 Å². The number of hydrogen-bond donors (Lipinski definition) is 4. The number of aromatic nitrogens is 1. The highest BCUT2D eigenvalue weighted by molar-refractivity contribution is 5.99. The number of carbonyl (C=O) groups excluding carboxylic acids is 2. The summed E-state index contributed by atoms with van der Waals surface area (Å²) >= 11 is 0. The molecule has 0 spiro atoms. The Balaban J connectivity index is 1.74. The van der Waals surface area contributed by atoms with Crippen LogP contribution in [0.4, 0.5) is 15.8 Å². The van der Waals surface area contributed by atoms with Gasteiger partial charge in [-0.1, -0.05) is 31.7 Å². The first-order valence-electron chi connectivity index (χ1n) is 12.2. The molecular formula is C27H35FN6O2. The maximum Gasteiger partial charge on any atom is 0.252 e. The first-order valence-corrected chi connectivity index (χ1v) is 12.2. The standard InChI is InChI=1S/C27H35FN6O2/c1-27(2,28)24-15-21(11-12-31-24)32-20-10-6-9-19(14-20)25(35)34-23(13-18-7-4-5-8-18)26(36)33-22(16-29)17-30-3/h6,9-12,14-18,23H,4-5,7-8,13,29H2,1-3H3,(H,31,32)(H,33,36)(H,34,35)/b22-16+,30-17?. The lowest BCUT2D eigenvalue weighted by atomic mass is 9.97. The number of benzene rings is 1. The maximum atomic E-state index is 14.3. The topological polar surface area (TPSA) is 121 Å². The Morgan fingerprint density at radius 3 is 2.61 bits per heavy atom. The van der Waals surface area contributed by atoms with E-state index in [1.807, 2.05) is 6.07 Å². The van der Waals surface area contributed by atoms with Crippen molar-refractivity contribution < 1.29 is 14.0 Å². The van der Waals surface area contributed by atoms with Gasteiger partial charge in [0.15, 0.2) is 0 Å². The van der Waals surface area contributed by atoms with Gasteiger partial charge >= 0.3 is 0 Å². The van der Waals surface area contributed by atoms with Gasteiger partial charge in [0.05, 0.1) is 11.4 Å². The fraction of sp³-hybridized carbons (Fsp3) is 0.407. The van der Waals surface area contributed by atoms with Crippen molar-refractivity contribution in [2.75, 3.05) is 12.4 Å². The molecule has 9 heteroatoms. The summed E-state index contributed by atoms with van der Waals surface area (Å²) in [6.07, 6.45) is 9.15. The molecule has 1 unspecified atom stereocenters. The molecule has 1 aliphatic carbocycles. The number of hydrogen-bond acceptors (Lipinski definition) is 6. The van der Waals surface area contributed by atoms with Gasteiger partial charge in [-0.15, -0.1) is 0 Å². The summed E-state index contributed by atoms with van der Waals surface area (Å²) in [7, 11) is 1.58. The van der Waals surface area contributed by atoms with Crippen LogP contribution in [0.15, 0.2) is 59.5 Å². The molecule has 0 radical (unpaired) electrons. The molecule has 1 atom stereocenters. The summed E-state index contributed by atoms with van der Waals surface area (Å²) in [5.41, 5.74) is 6.39. The van der Waals surface area contributed by atoms with Crippen LogP contribution in [0.25, 0.3) is 0 Å². The number of anilines is 2. The van der Waals surface area contributed by atoms with E-state index in [1.165, 1.54) is 32.5 Å². The Morgan fingerprint density at radius 2 is 1.94 bits per heavy atom. The molecule has 3 rings (SSSR count). The smallest absolute Gasteiger partial charge is 0.252 e. The number of halogens is 1. The molecule has 0 bridgehead atoms. The lowest BCUT2D eigenvalue weighted by Crippen LogP contribution is -2.47. The summed E-state index contributed by atoms with van der Waals surface area (Å²) in [5, 5.41) is 8.84. The number of rotatable bonds is 10. The van der Waals surface area contributed by atoms with Gasteiger partial charge in [-0.25, -0.2) is 4.39 Å². The van der Waals surface area contributed by atoms with Crippen molar-refractivity contribution in [1.29, 1.82) is 0 Å². The zero-order chi connectivity index (χ0) is 26.1. The highest BCUT2D eigenvalue weighted by Gasteiger charge is 2.27. The number of nitrogens with one attached hydrogen (secondary N) is 3. The number of nitrogens with zero attached hydrogens (tertiary/aromatic N) is 2. The Labute approximate surface area is 211 Å². The second kappa shape index (κ2) is 12.3. The Bertz CT molecular complexity index is 1120. The van der Waals surface area contributed by atoms with Crippen LogP contribution < -0.4 is 21.7 Å². The molecule has 1 fully saturated rings. The summed E-state index contributed by atoms with van der Waals surface area (Å²) in [6, 6.07) is 9.58. The Morgan fingerprint density at radius 1 is 1.22 bits per heavy atom. The van der Waals surface area contributed by atoms with E-state index >= 15 is 0 Å². The summed E-state index contributed by atoms with van der Waals surface area (Å²) in [4.78, 5) is 34.2. The second-order valence-corrected chi connectivity index (χ2v) is 9.52. The molecular weight excluding hydrogens is 459 g/mol. The third-order valence-corrected chi connectivity index (χ3v) is 6.16. The highest BCUT2D eigenvalue weighted by atomic mass is 19.1. The minimum atomic E-state index is -1.57. The number of aliphatic imine (C=N–C) groups is 1. The van der Waals surface area contributed by atoms with Gasteiger partial charge in [0.25, 0.3) is 5.91 Å². The SMILES string of the molecule is CN=C/C(=C\N)NC(=O)C(CC1CCCC1)NC(=O)c1cccc(Nc2ccnc(C(C)(C)F)c2)c1. The molecule has 192 valence electrons. The van der Waals surface area contributed by atoms with Gasteiger partial charge in [-0.2, -0.15) is 0 Å². The molecule has 1 aromatic heterocycles. The summed E-state index contributed by atoms with van der Waals surface area (Å²) < 4.78 is 14.3. The highest BCUT2D eigenvalue weighted by Crippen LogP contribution is 2.29. The van der Waals surface area contributed by atoms with Crippen molar-refractivity contribution in [3.63, 3.8) is 0 Å². The van der Waals surface area contributed by atoms with E-state index < -0.39 is 11.7 Å². The zero-order valence-corrected chi connectivity index (χ0v) is 21.1. The quantitative estimate of drug-likeness (QED) is 0.367. The Hall–Kier alpha value is -3.75. The van der Waals surface area contributed by atoms with Crippen LogP contribution in [0, 0.1) is 5.92 Å². The van der Waals surface area contributed by atoms with E-state index in [2.05, 4.69) is 25.9 Å². The number of amides is 2. The largest absolute Gasteiger partial charge is 0.403 e.